The van der Waals surface area contributed by atoms with Crippen molar-refractivity contribution in [2.24, 2.45) is 0 Å². The van der Waals surface area contributed by atoms with E-state index in [4.69, 9.17) is 5.41 Å². The second-order valence-corrected chi connectivity index (χ2v) is 5.40. The Kier molecular flexibility index (Phi) is 2.59. The van der Waals surface area contributed by atoms with Crippen molar-refractivity contribution in [1.82, 2.24) is 14.9 Å². The van der Waals surface area contributed by atoms with Crippen molar-refractivity contribution in [2.75, 3.05) is 0 Å². The van der Waals surface area contributed by atoms with E-state index in [9.17, 15) is 4.79 Å². The Hall–Kier alpha value is -1.82. The maximum Gasteiger partial charge on any atom is 0.241 e. The fourth-order valence-electron chi connectivity index (χ4n) is 2.13. The normalized spacial score (nSPS) is 19.5. The number of imidazole rings is 1. The predicted molar refractivity (Wildman–Crippen MR) is 71.7 cm³/mol. The smallest absolute Gasteiger partial charge is 0.241 e. The lowest BCUT2D eigenvalue weighted by Gasteiger charge is -2.09. The summed E-state index contributed by atoms with van der Waals surface area (Å²) in [6.07, 6.45) is 0. The Labute approximate surface area is 108 Å². The first-order valence-corrected chi connectivity index (χ1v) is 6.51. The first-order valence-electron chi connectivity index (χ1n) is 5.63. The minimum atomic E-state index is -0.242. The van der Waals surface area contributed by atoms with Crippen LogP contribution >= 0.6 is 11.8 Å². The lowest BCUT2D eigenvalue weighted by atomic mass is 10.3. The molecule has 1 saturated heterocycles. The van der Waals surface area contributed by atoms with Gasteiger partial charge in [0.25, 0.3) is 0 Å². The molecule has 2 aromatic rings. The number of carbonyl (C=O) groups is 1. The molecule has 18 heavy (non-hydrogen) atoms. The molecule has 1 unspecified atom stereocenters. The standard InChI is InChI=1S/C12H12N4OS/c1-7-14-8-4-2-3-5-9(8)16(7)6-10-11(17)15-12(13)18-10/h2-5,10H,6H2,1H3,(H2,13,15,17). The number of carbonyl (C=O) groups excluding carboxylic acids is 1. The number of fused-ring (bicyclic) bond motifs is 1. The molecule has 92 valence electrons. The second-order valence-electron chi connectivity index (χ2n) is 4.18. The van der Waals surface area contributed by atoms with Crippen molar-refractivity contribution in [2.45, 2.75) is 18.7 Å². The molecule has 1 atom stereocenters. The highest BCUT2D eigenvalue weighted by molar-refractivity contribution is 8.15. The third kappa shape index (κ3) is 1.78. The predicted octanol–water partition coefficient (Wildman–Crippen LogP) is 1.51. The van der Waals surface area contributed by atoms with Gasteiger partial charge < -0.3 is 9.88 Å². The maximum absolute atomic E-state index is 11.7. The van der Waals surface area contributed by atoms with Gasteiger partial charge in [-0.25, -0.2) is 4.98 Å². The van der Waals surface area contributed by atoms with Crippen LogP contribution in [-0.4, -0.2) is 25.9 Å². The van der Waals surface area contributed by atoms with E-state index in [-0.39, 0.29) is 16.3 Å². The monoisotopic (exact) mass is 260 g/mol. The molecule has 1 amide bonds. The summed E-state index contributed by atoms with van der Waals surface area (Å²) in [5, 5.41) is 9.97. The van der Waals surface area contributed by atoms with Crippen LogP contribution in [0.25, 0.3) is 11.0 Å². The average Bonchev–Trinajstić information content (AvgIpc) is 2.81. The molecule has 0 aliphatic carbocycles. The SMILES string of the molecule is Cc1nc2ccccc2n1CC1SC(=N)NC1=O. The number of thioether (sulfide) groups is 1. The summed E-state index contributed by atoms with van der Waals surface area (Å²) in [6.45, 7) is 2.48. The van der Waals surface area contributed by atoms with Crippen molar-refractivity contribution < 1.29 is 4.79 Å². The highest BCUT2D eigenvalue weighted by Gasteiger charge is 2.30. The quantitative estimate of drug-likeness (QED) is 0.860. The molecule has 5 nitrogen and oxygen atoms in total. The van der Waals surface area contributed by atoms with Crippen LogP contribution in [0.3, 0.4) is 0 Å². The van der Waals surface area contributed by atoms with E-state index in [0.29, 0.717) is 6.54 Å². The Bertz CT molecular complexity index is 649. The van der Waals surface area contributed by atoms with E-state index in [1.807, 2.05) is 35.8 Å². The minimum absolute atomic E-state index is 0.0952. The third-order valence-electron chi connectivity index (χ3n) is 2.98. The van der Waals surface area contributed by atoms with E-state index in [1.54, 1.807) is 0 Å². The summed E-state index contributed by atoms with van der Waals surface area (Å²) in [5.74, 6) is 0.796. The van der Waals surface area contributed by atoms with E-state index in [1.165, 1.54) is 11.8 Å². The van der Waals surface area contributed by atoms with Crippen molar-refractivity contribution in [3.63, 3.8) is 0 Å². The number of aryl methyl sites for hydroxylation is 1. The molecule has 1 aliphatic heterocycles. The van der Waals surface area contributed by atoms with Crippen molar-refractivity contribution >= 4 is 33.9 Å². The Morgan fingerprint density at radius 1 is 1.50 bits per heavy atom. The zero-order valence-corrected chi connectivity index (χ0v) is 10.6. The molecule has 0 bridgehead atoms. The second kappa shape index (κ2) is 4.13. The minimum Gasteiger partial charge on any atom is -0.327 e. The van der Waals surface area contributed by atoms with Gasteiger partial charge in [0, 0.05) is 6.54 Å². The third-order valence-corrected chi connectivity index (χ3v) is 3.97. The average molecular weight is 260 g/mol. The van der Waals surface area contributed by atoms with Gasteiger partial charge in [0.05, 0.1) is 11.0 Å². The molecule has 0 saturated carbocycles. The Morgan fingerprint density at radius 2 is 2.28 bits per heavy atom. The van der Waals surface area contributed by atoms with Gasteiger partial charge in [-0.15, -0.1) is 0 Å². The summed E-state index contributed by atoms with van der Waals surface area (Å²) in [4.78, 5) is 16.1. The number of hydrogen-bond donors (Lipinski definition) is 2. The van der Waals surface area contributed by atoms with E-state index < -0.39 is 0 Å². The molecule has 0 spiro atoms. The van der Waals surface area contributed by atoms with Crippen LogP contribution in [0.1, 0.15) is 5.82 Å². The number of amides is 1. The first kappa shape index (κ1) is 11.3. The van der Waals surface area contributed by atoms with Crippen LogP contribution in [0.15, 0.2) is 24.3 Å². The van der Waals surface area contributed by atoms with Gasteiger partial charge in [0.2, 0.25) is 5.91 Å². The van der Waals surface area contributed by atoms with Crippen LogP contribution in [0, 0.1) is 12.3 Å². The van der Waals surface area contributed by atoms with Gasteiger partial charge in [-0.3, -0.25) is 10.2 Å². The number of benzene rings is 1. The highest BCUT2D eigenvalue weighted by atomic mass is 32.2. The fourth-order valence-corrected chi connectivity index (χ4v) is 2.96. The molecular formula is C12H12N4OS. The molecule has 0 radical (unpaired) electrons. The van der Waals surface area contributed by atoms with Gasteiger partial charge in [-0.05, 0) is 19.1 Å². The lowest BCUT2D eigenvalue weighted by molar-refractivity contribution is -0.119. The molecule has 1 aromatic carbocycles. The molecule has 1 aromatic heterocycles. The number of hydrogen-bond acceptors (Lipinski definition) is 4. The van der Waals surface area contributed by atoms with Crippen LogP contribution in [-0.2, 0) is 11.3 Å². The summed E-state index contributed by atoms with van der Waals surface area (Å²) in [7, 11) is 0. The summed E-state index contributed by atoms with van der Waals surface area (Å²) >= 11 is 1.26. The molecule has 3 rings (SSSR count). The summed E-state index contributed by atoms with van der Waals surface area (Å²) in [5.41, 5.74) is 1.97. The lowest BCUT2D eigenvalue weighted by Crippen LogP contribution is -2.27. The first-order chi connectivity index (χ1) is 8.65. The van der Waals surface area contributed by atoms with E-state index in [0.717, 1.165) is 16.9 Å². The van der Waals surface area contributed by atoms with E-state index >= 15 is 0 Å². The number of nitrogens with one attached hydrogen (secondary N) is 2. The van der Waals surface area contributed by atoms with Crippen LogP contribution in [0.2, 0.25) is 0 Å². The van der Waals surface area contributed by atoms with Gasteiger partial charge in [-0.2, -0.15) is 0 Å². The Balaban J connectivity index is 1.97. The maximum atomic E-state index is 11.7. The number of amidine groups is 1. The molecule has 1 aliphatic rings. The van der Waals surface area contributed by atoms with Crippen LogP contribution in [0.4, 0.5) is 0 Å². The number of para-hydroxylation sites is 2. The zero-order chi connectivity index (χ0) is 12.7. The molecule has 6 heteroatoms. The topological polar surface area (TPSA) is 70.8 Å². The van der Waals surface area contributed by atoms with Gasteiger partial charge in [-0.1, -0.05) is 23.9 Å². The summed E-state index contributed by atoms with van der Waals surface area (Å²) in [6, 6.07) is 7.87. The van der Waals surface area contributed by atoms with Crippen LogP contribution < -0.4 is 5.32 Å². The molecule has 1 fully saturated rings. The Morgan fingerprint density at radius 3 is 3.00 bits per heavy atom. The van der Waals surface area contributed by atoms with E-state index in [2.05, 4.69) is 10.3 Å². The van der Waals surface area contributed by atoms with Gasteiger partial charge >= 0.3 is 0 Å². The number of nitrogens with zero attached hydrogens (tertiary/aromatic N) is 2. The van der Waals surface area contributed by atoms with Crippen LogP contribution in [0.5, 0.6) is 0 Å². The number of rotatable bonds is 2. The highest BCUT2D eigenvalue weighted by Crippen LogP contribution is 2.23. The molecular weight excluding hydrogens is 248 g/mol. The zero-order valence-electron chi connectivity index (χ0n) is 9.80. The van der Waals surface area contributed by atoms with Crippen molar-refractivity contribution in [1.29, 1.82) is 5.41 Å². The number of aromatic nitrogens is 2. The molecule has 2 N–H and O–H groups in total. The van der Waals surface area contributed by atoms with Crippen molar-refractivity contribution in [3.8, 4) is 0 Å². The van der Waals surface area contributed by atoms with Gasteiger partial charge in [0.1, 0.15) is 11.1 Å². The summed E-state index contributed by atoms with van der Waals surface area (Å²) < 4.78 is 2.03. The van der Waals surface area contributed by atoms with Gasteiger partial charge in [0.15, 0.2) is 5.17 Å². The fraction of sp³-hybridized carbons (Fsp3) is 0.250. The largest absolute Gasteiger partial charge is 0.327 e. The molecule has 2 heterocycles. The van der Waals surface area contributed by atoms with Crippen molar-refractivity contribution in [3.05, 3.63) is 30.1 Å².